The lowest BCUT2D eigenvalue weighted by Crippen LogP contribution is -2.23. The van der Waals surface area contributed by atoms with E-state index in [-0.39, 0.29) is 0 Å². The van der Waals surface area contributed by atoms with E-state index in [1.54, 1.807) is 13.8 Å². The van der Waals surface area contributed by atoms with Crippen LogP contribution in [0, 0.1) is 11.3 Å². The van der Waals surface area contributed by atoms with Crippen LogP contribution in [0.4, 0.5) is 0 Å². The summed E-state index contributed by atoms with van der Waals surface area (Å²) in [6.45, 7) is 10.4. The molecule has 0 rings (SSSR count). The zero-order valence-electron chi connectivity index (χ0n) is 11.2. The maximum atomic E-state index is 10.9. The summed E-state index contributed by atoms with van der Waals surface area (Å²) in [6.07, 6.45) is 2.91. The van der Waals surface area contributed by atoms with E-state index < -0.39 is 11.4 Å². The van der Waals surface area contributed by atoms with Gasteiger partial charge in [0.05, 0.1) is 5.41 Å². The molecule has 2 nitrogen and oxygen atoms in total. The first kappa shape index (κ1) is 15.8. The third-order valence-corrected chi connectivity index (χ3v) is 4.69. The summed E-state index contributed by atoms with van der Waals surface area (Å²) in [4.78, 5) is 10.9. The fraction of sp³-hybridized carbons (Fsp3) is 0.923. The fourth-order valence-electron chi connectivity index (χ4n) is 1.24. The Morgan fingerprint density at radius 1 is 1.25 bits per heavy atom. The number of hydrogen-bond acceptors (Lipinski definition) is 2. The van der Waals surface area contributed by atoms with Crippen molar-refractivity contribution in [2.75, 3.05) is 5.75 Å². The first-order valence-corrected chi connectivity index (χ1v) is 7.17. The van der Waals surface area contributed by atoms with E-state index >= 15 is 0 Å². The van der Waals surface area contributed by atoms with Gasteiger partial charge < -0.3 is 5.11 Å². The Labute approximate surface area is 104 Å². The molecule has 1 unspecified atom stereocenters. The average molecular weight is 246 g/mol. The van der Waals surface area contributed by atoms with Crippen molar-refractivity contribution >= 4 is 17.7 Å². The van der Waals surface area contributed by atoms with Crippen molar-refractivity contribution in [2.45, 2.75) is 59.1 Å². The highest BCUT2D eigenvalue weighted by molar-refractivity contribution is 7.99. The van der Waals surface area contributed by atoms with Gasteiger partial charge in [0.1, 0.15) is 0 Å². The second-order valence-corrected chi connectivity index (χ2v) is 6.95. The summed E-state index contributed by atoms with van der Waals surface area (Å²) in [6, 6.07) is 0. The summed E-state index contributed by atoms with van der Waals surface area (Å²) in [5.41, 5.74) is -0.561. The number of carboxylic acids is 1. The Bertz CT molecular complexity index is 212. The van der Waals surface area contributed by atoms with Crippen molar-refractivity contribution in [3.8, 4) is 0 Å². The molecule has 0 aromatic carbocycles. The van der Waals surface area contributed by atoms with Gasteiger partial charge >= 0.3 is 5.97 Å². The number of rotatable bonds is 8. The summed E-state index contributed by atoms with van der Waals surface area (Å²) in [7, 11) is 0. The van der Waals surface area contributed by atoms with Crippen LogP contribution in [0.15, 0.2) is 0 Å². The van der Waals surface area contributed by atoms with Crippen LogP contribution in [0.1, 0.15) is 53.9 Å². The molecule has 1 atom stereocenters. The first-order valence-electron chi connectivity index (χ1n) is 6.12. The fourth-order valence-corrected chi connectivity index (χ4v) is 2.37. The first-order chi connectivity index (χ1) is 7.27. The molecule has 0 saturated carbocycles. The van der Waals surface area contributed by atoms with Gasteiger partial charge in [-0.15, -0.1) is 0 Å². The largest absolute Gasteiger partial charge is 0.481 e. The lowest BCUT2D eigenvalue weighted by atomic mass is 9.88. The Kier molecular flexibility index (Phi) is 7.12. The van der Waals surface area contributed by atoms with Crippen molar-refractivity contribution in [1.29, 1.82) is 0 Å². The molecular weight excluding hydrogens is 220 g/mol. The maximum absolute atomic E-state index is 10.9. The molecule has 0 spiro atoms. The Hall–Kier alpha value is -0.180. The van der Waals surface area contributed by atoms with Crippen molar-refractivity contribution in [2.24, 2.45) is 11.3 Å². The van der Waals surface area contributed by atoms with Gasteiger partial charge in [0.25, 0.3) is 0 Å². The van der Waals surface area contributed by atoms with Crippen LogP contribution < -0.4 is 0 Å². The minimum absolute atomic E-state index is 0.561. The van der Waals surface area contributed by atoms with E-state index in [0.29, 0.717) is 5.25 Å². The number of thioether (sulfide) groups is 1. The Morgan fingerprint density at radius 3 is 2.25 bits per heavy atom. The predicted molar refractivity (Wildman–Crippen MR) is 72.0 cm³/mol. The third kappa shape index (κ3) is 6.41. The summed E-state index contributed by atoms with van der Waals surface area (Å²) in [5, 5.41) is 9.65. The minimum atomic E-state index is -0.685. The van der Waals surface area contributed by atoms with Crippen LogP contribution in [0.5, 0.6) is 0 Å². The maximum Gasteiger partial charge on any atom is 0.309 e. The zero-order chi connectivity index (χ0) is 12.8. The van der Waals surface area contributed by atoms with Crippen LogP contribution in [-0.2, 0) is 4.79 Å². The zero-order valence-corrected chi connectivity index (χ0v) is 12.1. The van der Waals surface area contributed by atoms with Crippen molar-refractivity contribution in [1.82, 2.24) is 0 Å². The smallest absolute Gasteiger partial charge is 0.309 e. The minimum Gasteiger partial charge on any atom is -0.481 e. The highest BCUT2D eigenvalue weighted by Gasteiger charge is 2.25. The van der Waals surface area contributed by atoms with Crippen LogP contribution in [0.25, 0.3) is 0 Å². The summed E-state index contributed by atoms with van der Waals surface area (Å²) in [5.74, 6) is 1.19. The molecule has 0 amide bonds. The number of hydrogen-bond donors (Lipinski definition) is 1. The Morgan fingerprint density at radius 2 is 1.81 bits per heavy atom. The van der Waals surface area contributed by atoms with Crippen molar-refractivity contribution in [3.63, 3.8) is 0 Å². The van der Waals surface area contributed by atoms with E-state index in [9.17, 15) is 4.79 Å². The van der Waals surface area contributed by atoms with E-state index in [1.165, 1.54) is 0 Å². The molecule has 0 aromatic rings. The highest BCUT2D eigenvalue weighted by Crippen LogP contribution is 2.25. The number of carbonyl (C=O) groups is 1. The molecular formula is C13H26O2S. The van der Waals surface area contributed by atoms with E-state index in [2.05, 4.69) is 20.8 Å². The van der Waals surface area contributed by atoms with Gasteiger partial charge in [0.15, 0.2) is 0 Å². The molecule has 0 aliphatic carbocycles. The molecule has 0 aliphatic heterocycles. The SMILES string of the molecule is CC(C)C(C)SCCCCC(C)(C)C(=O)O. The van der Waals surface area contributed by atoms with Crippen molar-refractivity contribution < 1.29 is 9.90 Å². The van der Waals surface area contributed by atoms with E-state index in [0.717, 1.165) is 30.9 Å². The highest BCUT2D eigenvalue weighted by atomic mass is 32.2. The van der Waals surface area contributed by atoms with E-state index in [4.69, 9.17) is 5.11 Å². The molecule has 0 bridgehead atoms. The van der Waals surface area contributed by atoms with E-state index in [1.807, 2.05) is 11.8 Å². The lowest BCUT2D eigenvalue weighted by molar-refractivity contribution is -0.147. The van der Waals surface area contributed by atoms with Crippen molar-refractivity contribution in [3.05, 3.63) is 0 Å². The standard InChI is InChI=1S/C13H26O2S/c1-10(2)11(3)16-9-7-6-8-13(4,5)12(14)15/h10-11H,6-9H2,1-5H3,(H,14,15). The van der Waals surface area contributed by atoms with Crippen LogP contribution in [0.3, 0.4) is 0 Å². The van der Waals surface area contributed by atoms with Crippen LogP contribution in [-0.4, -0.2) is 22.1 Å². The number of carboxylic acid groups (broad SMARTS) is 1. The number of aliphatic carboxylic acids is 1. The molecule has 0 heterocycles. The van der Waals surface area contributed by atoms with Gasteiger partial charge in [0.2, 0.25) is 0 Å². The van der Waals surface area contributed by atoms with Gasteiger partial charge in [-0.1, -0.05) is 27.2 Å². The quantitative estimate of drug-likeness (QED) is 0.657. The van der Waals surface area contributed by atoms with Gasteiger partial charge in [-0.2, -0.15) is 11.8 Å². The predicted octanol–water partition coefficient (Wildman–Crippen LogP) is 4.05. The molecule has 0 radical (unpaired) electrons. The van der Waals surface area contributed by atoms with Gasteiger partial charge in [-0.25, -0.2) is 0 Å². The van der Waals surface area contributed by atoms with Crippen LogP contribution >= 0.6 is 11.8 Å². The molecule has 0 aromatic heterocycles. The molecule has 0 saturated heterocycles. The summed E-state index contributed by atoms with van der Waals surface area (Å²) >= 11 is 2.00. The second kappa shape index (κ2) is 7.21. The number of unbranched alkanes of at least 4 members (excludes halogenated alkanes) is 1. The molecule has 0 fully saturated rings. The van der Waals surface area contributed by atoms with Gasteiger partial charge in [0, 0.05) is 5.25 Å². The molecule has 16 heavy (non-hydrogen) atoms. The molecule has 0 aliphatic rings. The molecule has 3 heteroatoms. The Balaban J connectivity index is 3.58. The lowest BCUT2D eigenvalue weighted by Gasteiger charge is -2.19. The molecule has 96 valence electrons. The van der Waals surface area contributed by atoms with Gasteiger partial charge in [-0.05, 0) is 38.4 Å². The normalized spacial score (nSPS) is 14.1. The molecule has 1 N–H and O–H groups in total. The third-order valence-electron chi connectivity index (χ3n) is 3.09. The second-order valence-electron chi connectivity index (χ2n) is 5.47. The average Bonchev–Trinajstić information content (AvgIpc) is 2.16. The summed E-state index contributed by atoms with van der Waals surface area (Å²) < 4.78 is 0. The topological polar surface area (TPSA) is 37.3 Å². The van der Waals surface area contributed by atoms with Crippen LogP contribution in [0.2, 0.25) is 0 Å². The van der Waals surface area contributed by atoms with Gasteiger partial charge in [-0.3, -0.25) is 4.79 Å². The monoisotopic (exact) mass is 246 g/mol.